The van der Waals surface area contributed by atoms with Crippen molar-refractivity contribution in [1.29, 1.82) is 0 Å². The van der Waals surface area contributed by atoms with Crippen molar-refractivity contribution in [2.45, 2.75) is 20.0 Å². The van der Waals surface area contributed by atoms with E-state index in [9.17, 15) is 0 Å². The number of aromatic nitrogens is 1. The number of nitrogens with one attached hydrogen (secondary N) is 2. The molecule has 0 unspecified atom stereocenters. The fraction of sp³-hybridized carbons (Fsp3) is 0.238. The molecule has 0 atom stereocenters. The minimum atomic E-state index is 0.627. The van der Waals surface area contributed by atoms with Crippen LogP contribution >= 0.6 is 11.3 Å². The van der Waals surface area contributed by atoms with Crippen LogP contribution in [0.15, 0.2) is 58.9 Å². The first-order valence-electron chi connectivity index (χ1n) is 8.77. The van der Waals surface area contributed by atoms with E-state index in [4.69, 9.17) is 9.72 Å². The van der Waals surface area contributed by atoms with E-state index in [1.54, 1.807) is 25.5 Å². The van der Waals surface area contributed by atoms with Gasteiger partial charge in [-0.1, -0.05) is 42.5 Å². The highest BCUT2D eigenvalue weighted by Gasteiger charge is 2.07. The molecule has 140 valence electrons. The van der Waals surface area contributed by atoms with Crippen molar-refractivity contribution < 1.29 is 4.74 Å². The van der Waals surface area contributed by atoms with Crippen molar-refractivity contribution in [3.8, 4) is 17.0 Å². The Kier molecular flexibility index (Phi) is 6.44. The van der Waals surface area contributed by atoms with Crippen molar-refractivity contribution in [2.24, 2.45) is 4.99 Å². The summed E-state index contributed by atoms with van der Waals surface area (Å²) in [6, 6.07) is 16.4. The molecule has 0 radical (unpaired) electrons. The van der Waals surface area contributed by atoms with Gasteiger partial charge in [0, 0.05) is 30.1 Å². The van der Waals surface area contributed by atoms with E-state index in [1.807, 2.05) is 24.3 Å². The van der Waals surface area contributed by atoms with Crippen LogP contribution in [0.3, 0.4) is 0 Å². The molecule has 5 nitrogen and oxygen atoms in total. The van der Waals surface area contributed by atoms with Gasteiger partial charge in [-0.2, -0.15) is 0 Å². The quantitative estimate of drug-likeness (QED) is 0.501. The van der Waals surface area contributed by atoms with E-state index < -0.39 is 0 Å². The predicted molar refractivity (Wildman–Crippen MR) is 112 cm³/mol. The number of rotatable bonds is 6. The van der Waals surface area contributed by atoms with Gasteiger partial charge in [0.15, 0.2) is 5.96 Å². The summed E-state index contributed by atoms with van der Waals surface area (Å²) in [5.41, 5.74) is 4.40. The maximum Gasteiger partial charge on any atom is 0.191 e. The summed E-state index contributed by atoms with van der Waals surface area (Å²) in [5, 5.41) is 9.74. The zero-order valence-electron chi connectivity index (χ0n) is 15.8. The lowest BCUT2D eigenvalue weighted by molar-refractivity contribution is 0.408. The number of nitrogens with zero attached hydrogens (tertiary/aromatic N) is 2. The lowest BCUT2D eigenvalue weighted by Gasteiger charge is -2.13. The van der Waals surface area contributed by atoms with Gasteiger partial charge in [0.05, 0.1) is 19.3 Å². The van der Waals surface area contributed by atoms with Crippen LogP contribution in [-0.2, 0) is 13.1 Å². The van der Waals surface area contributed by atoms with Gasteiger partial charge in [-0.05, 0) is 18.6 Å². The molecule has 0 amide bonds. The molecule has 2 aromatic carbocycles. The van der Waals surface area contributed by atoms with Crippen molar-refractivity contribution in [2.75, 3.05) is 14.2 Å². The summed E-state index contributed by atoms with van der Waals surface area (Å²) in [7, 11) is 3.46. The molecule has 0 saturated carbocycles. The highest BCUT2D eigenvalue weighted by molar-refractivity contribution is 7.09. The second-order valence-corrected chi connectivity index (χ2v) is 7.03. The van der Waals surface area contributed by atoms with Crippen LogP contribution in [0.25, 0.3) is 11.3 Å². The fourth-order valence-electron chi connectivity index (χ4n) is 2.69. The fourth-order valence-corrected chi connectivity index (χ4v) is 3.43. The molecule has 0 fully saturated rings. The zero-order chi connectivity index (χ0) is 19.1. The number of benzene rings is 2. The van der Waals surface area contributed by atoms with Crippen molar-refractivity contribution in [3.63, 3.8) is 0 Å². The Morgan fingerprint density at radius 2 is 1.89 bits per heavy atom. The van der Waals surface area contributed by atoms with Gasteiger partial charge in [0.2, 0.25) is 0 Å². The summed E-state index contributed by atoms with van der Waals surface area (Å²) >= 11 is 1.64. The molecule has 0 aliphatic carbocycles. The highest BCUT2D eigenvalue weighted by atomic mass is 32.1. The van der Waals surface area contributed by atoms with Crippen LogP contribution in [0.5, 0.6) is 5.75 Å². The van der Waals surface area contributed by atoms with Crippen LogP contribution in [0, 0.1) is 6.92 Å². The number of methoxy groups -OCH3 is 1. The number of hydrogen-bond acceptors (Lipinski definition) is 4. The third-order valence-electron chi connectivity index (χ3n) is 4.14. The zero-order valence-corrected chi connectivity index (χ0v) is 16.6. The molecule has 0 spiro atoms. The Labute approximate surface area is 164 Å². The SMILES string of the molecule is CN=C(NCc1nc(-c2ccccc2)cs1)NCc1ccc(C)cc1OC. The molecule has 6 heteroatoms. The second kappa shape index (κ2) is 9.19. The Balaban J connectivity index is 1.56. The molecule has 3 aromatic rings. The first-order chi connectivity index (χ1) is 13.2. The van der Waals surface area contributed by atoms with Crippen LogP contribution in [-0.4, -0.2) is 25.1 Å². The smallest absolute Gasteiger partial charge is 0.191 e. The number of hydrogen-bond donors (Lipinski definition) is 2. The van der Waals surface area contributed by atoms with Gasteiger partial charge in [-0.3, -0.25) is 4.99 Å². The predicted octanol–water partition coefficient (Wildman–Crippen LogP) is 3.99. The number of aryl methyl sites for hydroxylation is 1. The number of ether oxygens (including phenoxy) is 1. The summed E-state index contributed by atoms with van der Waals surface area (Å²) in [6.07, 6.45) is 0. The van der Waals surface area contributed by atoms with Crippen LogP contribution in [0.1, 0.15) is 16.1 Å². The normalized spacial score (nSPS) is 11.3. The maximum atomic E-state index is 5.46. The molecule has 0 bridgehead atoms. The standard InChI is InChI=1S/C21H24N4OS/c1-15-9-10-17(19(11-15)26-3)12-23-21(22-2)24-13-20-25-18(14-27-20)16-7-5-4-6-8-16/h4-11,14H,12-13H2,1-3H3,(H2,22,23,24). The lowest BCUT2D eigenvalue weighted by Crippen LogP contribution is -2.36. The van der Waals surface area contributed by atoms with Crippen LogP contribution in [0.4, 0.5) is 0 Å². The van der Waals surface area contributed by atoms with E-state index >= 15 is 0 Å². The average Bonchev–Trinajstić information content (AvgIpc) is 3.18. The Hall–Kier alpha value is -2.86. The Morgan fingerprint density at radius 1 is 1.11 bits per heavy atom. The molecule has 1 heterocycles. The monoisotopic (exact) mass is 380 g/mol. The minimum absolute atomic E-state index is 0.627. The van der Waals surface area contributed by atoms with Gasteiger partial charge in [-0.15, -0.1) is 11.3 Å². The minimum Gasteiger partial charge on any atom is -0.496 e. The van der Waals surface area contributed by atoms with Crippen molar-refractivity contribution in [1.82, 2.24) is 15.6 Å². The van der Waals surface area contributed by atoms with E-state index in [0.717, 1.165) is 33.5 Å². The third-order valence-corrected chi connectivity index (χ3v) is 4.99. The summed E-state index contributed by atoms with van der Waals surface area (Å²) in [4.78, 5) is 8.98. The summed E-state index contributed by atoms with van der Waals surface area (Å²) < 4.78 is 5.46. The molecule has 0 saturated heterocycles. The third kappa shape index (κ3) is 5.08. The molecular formula is C21H24N4OS. The van der Waals surface area contributed by atoms with Gasteiger partial charge in [-0.25, -0.2) is 4.98 Å². The Bertz CT molecular complexity index is 906. The first kappa shape index (κ1) is 18.9. The topological polar surface area (TPSA) is 58.5 Å². The molecule has 0 aliphatic rings. The number of guanidine groups is 1. The van der Waals surface area contributed by atoms with Crippen LogP contribution < -0.4 is 15.4 Å². The Morgan fingerprint density at radius 3 is 2.63 bits per heavy atom. The van der Waals surface area contributed by atoms with Gasteiger partial charge >= 0.3 is 0 Å². The largest absolute Gasteiger partial charge is 0.496 e. The van der Waals surface area contributed by atoms with E-state index in [-0.39, 0.29) is 0 Å². The first-order valence-corrected chi connectivity index (χ1v) is 9.65. The van der Waals surface area contributed by atoms with E-state index in [1.165, 1.54) is 5.56 Å². The molecule has 3 rings (SSSR count). The second-order valence-electron chi connectivity index (χ2n) is 6.09. The summed E-state index contributed by atoms with van der Waals surface area (Å²) in [5.74, 6) is 1.61. The van der Waals surface area contributed by atoms with Gasteiger partial charge < -0.3 is 15.4 Å². The van der Waals surface area contributed by atoms with Crippen molar-refractivity contribution >= 4 is 17.3 Å². The average molecular weight is 381 g/mol. The molecule has 0 aliphatic heterocycles. The molecular weight excluding hydrogens is 356 g/mol. The van der Waals surface area contributed by atoms with E-state index in [2.05, 4.69) is 52.2 Å². The summed E-state index contributed by atoms with van der Waals surface area (Å²) in [6.45, 7) is 3.32. The maximum absolute atomic E-state index is 5.46. The number of thiazole rings is 1. The molecule has 1 aromatic heterocycles. The van der Waals surface area contributed by atoms with E-state index in [0.29, 0.717) is 13.1 Å². The van der Waals surface area contributed by atoms with Crippen LogP contribution in [0.2, 0.25) is 0 Å². The van der Waals surface area contributed by atoms with Gasteiger partial charge in [0.1, 0.15) is 10.8 Å². The molecule has 2 N–H and O–H groups in total. The number of aliphatic imine (C=N–C) groups is 1. The van der Waals surface area contributed by atoms with Gasteiger partial charge in [0.25, 0.3) is 0 Å². The lowest BCUT2D eigenvalue weighted by atomic mass is 10.1. The van der Waals surface area contributed by atoms with Crippen molar-refractivity contribution in [3.05, 3.63) is 70.0 Å². The highest BCUT2D eigenvalue weighted by Crippen LogP contribution is 2.21. The molecule has 27 heavy (non-hydrogen) atoms.